The smallest absolute Gasteiger partial charge is 0.340 e. The minimum Gasteiger partial charge on any atom is -0.441 e. The van der Waals surface area contributed by atoms with Crippen molar-refractivity contribution in [1.82, 2.24) is 0 Å². The Morgan fingerprint density at radius 3 is 1.49 bits per heavy atom. The Labute approximate surface area is 208 Å². The number of anilines is 3. The first-order valence-electron chi connectivity index (χ1n) is 12.7. The molecule has 1 aliphatic heterocycles. The fourth-order valence-electron chi connectivity index (χ4n) is 5.78. The molecule has 1 atom stereocenters. The van der Waals surface area contributed by atoms with E-state index in [4.69, 9.17) is 4.74 Å². The Morgan fingerprint density at radius 2 is 1.03 bits per heavy atom. The van der Waals surface area contributed by atoms with E-state index >= 15 is 0 Å². The number of nitrogens with zero attached hydrogens (tertiary/aromatic N) is 3. The monoisotopic (exact) mass is 469 g/mol. The summed E-state index contributed by atoms with van der Waals surface area (Å²) in [5, 5.41) is 0. The van der Waals surface area contributed by atoms with Crippen molar-refractivity contribution in [2.24, 2.45) is 0 Å². The highest BCUT2D eigenvalue weighted by atomic mass is 16.6. The first-order valence-corrected chi connectivity index (χ1v) is 12.7. The lowest BCUT2D eigenvalue weighted by Crippen LogP contribution is -2.27. The highest BCUT2D eigenvalue weighted by Gasteiger charge is 2.54. The first-order chi connectivity index (χ1) is 16.9. The van der Waals surface area contributed by atoms with E-state index in [2.05, 4.69) is 105 Å². The molecule has 1 spiro atoms. The third-order valence-corrected chi connectivity index (χ3v) is 7.68. The van der Waals surface area contributed by atoms with E-state index in [0.717, 1.165) is 65.4 Å². The van der Waals surface area contributed by atoms with Crippen LogP contribution in [-0.4, -0.2) is 46.2 Å². The molecule has 0 fully saturated rings. The van der Waals surface area contributed by atoms with Crippen LogP contribution in [0.3, 0.4) is 0 Å². The number of carbonyl (C=O) groups excluding carboxylic acids is 1. The molecule has 0 N–H and O–H groups in total. The quantitative estimate of drug-likeness (QED) is 0.404. The number of benzene rings is 3. The van der Waals surface area contributed by atoms with Gasteiger partial charge in [-0.3, -0.25) is 0 Å². The van der Waals surface area contributed by atoms with E-state index in [9.17, 15) is 4.79 Å². The summed E-state index contributed by atoms with van der Waals surface area (Å²) >= 11 is 0. The van der Waals surface area contributed by atoms with Crippen LogP contribution in [0, 0.1) is 0 Å². The van der Waals surface area contributed by atoms with Gasteiger partial charge < -0.3 is 19.4 Å². The molecule has 0 amide bonds. The van der Waals surface area contributed by atoms with Crippen LogP contribution >= 0.6 is 0 Å². The van der Waals surface area contributed by atoms with Gasteiger partial charge in [-0.05, 0) is 75.2 Å². The number of ether oxygens (including phenoxy) is 1. The summed E-state index contributed by atoms with van der Waals surface area (Å²) in [4.78, 5) is 20.1. The summed E-state index contributed by atoms with van der Waals surface area (Å²) < 4.78 is 6.40. The van der Waals surface area contributed by atoms with Crippen LogP contribution in [0.5, 0.6) is 0 Å². The highest BCUT2D eigenvalue weighted by Crippen LogP contribution is 2.58. The number of hydrogen-bond acceptors (Lipinski definition) is 5. The molecule has 1 heterocycles. The molecule has 35 heavy (non-hydrogen) atoms. The van der Waals surface area contributed by atoms with Gasteiger partial charge in [0.25, 0.3) is 0 Å². The van der Waals surface area contributed by atoms with E-state index in [1.807, 2.05) is 6.07 Å². The average molecular weight is 470 g/mol. The maximum absolute atomic E-state index is 13.4. The normalized spacial score (nSPS) is 17.1. The zero-order valence-electron chi connectivity index (χ0n) is 21.7. The molecule has 0 bridgehead atoms. The summed E-state index contributed by atoms with van der Waals surface area (Å²) in [5.41, 5.74) is 8.42. The van der Waals surface area contributed by atoms with Crippen molar-refractivity contribution in [2.45, 2.75) is 33.3 Å². The molecule has 0 aromatic heterocycles. The van der Waals surface area contributed by atoms with Crippen LogP contribution in [0.15, 0.2) is 54.6 Å². The van der Waals surface area contributed by atoms with Crippen LogP contribution < -0.4 is 14.7 Å². The molecule has 2 aliphatic rings. The molecule has 0 radical (unpaired) electrons. The second kappa shape index (κ2) is 8.63. The Morgan fingerprint density at radius 1 is 0.629 bits per heavy atom. The van der Waals surface area contributed by atoms with Gasteiger partial charge in [-0.2, -0.15) is 0 Å². The van der Waals surface area contributed by atoms with Crippen LogP contribution in [0.1, 0.15) is 54.7 Å². The fourth-order valence-corrected chi connectivity index (χ4v) is 5.78. The van der Waals surface area contributed by atoms with Crippen LogP contribution in [0.4, 0.5) is 17.1 Å². The number of fused-ring (bicyclic) bond motifs is 7. The second-order valence-electron chi connectivity index (χ2n) is 9.50. The van der Waals surface area contributed by atoms with Crippen molar-refractivity contribution in [3.8, 4) is 11.1 Å². The van der Waals surface area contributed by atoms with Crippen molar-refractivity contribution in [2.75, 3.05) is 55.0 Å². The summed E-state index contributed by atoms with van der Waals surface area (Å²) in [6.45, 7) is 12.3. The van der Waals surface area contributed by atoms with Gasteiger partial charge in [-0.25, -0.2) is 4.79 Å². The molecule has 1 unspecified atom stereocenters. The molecule has 3 aromatic carbocycles. The van der Waals surface area contributed by atoms with Gasteiger partial charge in [0, 0.05) is 74.0 Å². The zero-order valence-corrected chi connectivity index (χ0v) is 21.7. The summed E-state index contributed by atoms with van der Waals surface area (Å²) in [6, 6.07) is 19.3. The van der Waals surface area contributed by atoms with Crippen molar-refractivity contribution < 1.29 is 9.53 Å². The van der Waals surface area contributed by atoms with E-state index in [1.165, 1.54) is 5.69 Å². The summed E-state index contributed by atoms with van der Waals surface area (Å²) in [6.07, 6.45) is 0. The van der Waals surface area contributed by atoms with Crippen LogP contribution in [-0.2, 0) is 10.3 Å². The molecule has 0 saturated carbocycles. The van der Waals surface area contributed by atoms with Crippen LogP contribution in [0.25, 0.3) is 11.1 Å². The largest absolute Gasteiger partial charge is 0.441 e. The number of hydrogen-bond donors (Lipinski definition) is 0. The molecule has 0 saturated heterocycles. The first kappa shape index (κ1) is 23.3. The highest BCUT2D eigenvalue weighted by molar-refractivity contribution is 6.00. The third-order valence-electron chi connectivity index (χ3n) is 7.68. The molecular weight excluding hydrogens is 434 g/mol. The molecular formula is C30H35N3O2. The molecule has 5 rings (SSSR count). The van der Waals surface area contributed by atoms with Crippen molar-refractivity contribution in [1.29, 1.82) is 0 Å². The standard InChI is InChI=1S/C30H35N3O2/c1-7-32(8-2)21-12-15-27-24(18-21)23-17-20(31(5)6)11-14-26(23)30(27)28-16-13-22(33(9-3)10-4)19-25(28)29(34)35-30/h11-19H,7-10H2,1-6H3. The fraction of sp³-hybridized carbons (Fsp3) is 0.367. The third kappa shape index (κ3) is 3.32. The molecule has 182 valence electrons. The van der Waals surface area contributed by atoms with E-state index in [1.54, 1.807) is 0 Å². The van der Waals surface area contributed by atoms with E-state index in [0.29, 0.717) is 5.56 Å². The lowest BCUT2D eigenvalue weighted by atomic mass is 9.83. The minimum absolute atomic E-state index is 0.252. The predicted octanol–water partition coefficient (Wildman–Crippen LogP) is 5.89. The Hall–Kier alpha value is -3.47. The SMILES string of the molecule is CCN(CC)c1ccc2c(c1)C(=O)OC21c2ccc(N(C)C)cc2-c2cc(N(CC)CC)ccc21. The lowest BCUT2D eigenvalue weighted by Gasteiger charge is -2.28. The van der Waals surface area contributed by atoms with Crippen molar-refractivity contribution in [3.63, 3.8) is 0 Å². The topological polar surface area (TPSA) is 36.0 Å². The Bertz CT molecular complexity index is 1290. The maximum Gasteiger partial charge on any atom is 0.340 e. The van der Waals surface area contributed by atoms with Gasteiger partial charge in [0.2, 0.25) is 0 Å². The predicted molar refractivity (Wildman–Crippen MR) is 145 cm³/mol. The minimum atomic E-state index is -0.911. The van der Waals surface area contributed by atoms with Gasteiger partial charge in [-0.1, -0.05) is 18.2 Å². The molecule has 5 nitrogen and oxygen atoms in total. The second-order valence-corrected chi connectivity index (χ2v) is 9.50. The zero-order chi connectivity index (χ0) is 24.9. The Balaban J connectivity index is 1.76. The summed E-state index contributed by atoms with van der Waals surface area (Å²) in [7, 11) is 4.11. The van der Waals surface area contributed by atoms with E-state index < -0.39 is 5.60 Å². The van der Waals surface area contributed by atoms with Gasteiger partial charge in [0.05, 0.1) is 5.56 Å². The van der Waals surface area contributed by atoms with Crippen molar-refractivity contribution in [3.05, 3.63) is 76.9 Å². The van der Waals surface area contributed by atoms with Crippen LogP contribution in [0.2, 0.25) is 0 Å². The van der Waals surface area contributed by atoms with Gasteiger partial charge in [0.15, 0.2) is 5.60 Å². The molecule has 5 heteroatoms. The molecule has 1 aliphatic carbocycles. The van der Waals surface area contributed by atoms with Crippen molar-refractivity contribution >= 4 is 23.0 Å². The number of carbonyl (C=O) groups is 1. The lowest BCUT2D eigenvalue weighted by molar-refractivity contribution is 0.0264. The van der Waals surface area contributed by atoms with Gasteiger partial charge >= 0.3 is 5.97 Å². The number of esters is 1. The number of rotatable bonds is 7. The average Bonchev–Trinajstić information content (AvgIpc) is 3.32. The summed E-state index contributed by atoms with van der Waals surface area (Å²) in [5.74, 6) is -0.252. The van der Waals surface area contributed by atoms with Gasteiger partial charge in [-0.15, -0.1) is 0 Å². The molecule has 3 aromatic rings. The Kier molecular flexibility index (Phi) is 5.74. The van der Waals surface area contributed by atoms with E-state index in [-0.39, 0.29) is 5.97 Å². The van der Waals surface area contributed by atoms with Gasteiger partial charge in [0.1, 0.15) is 0 Å². The maximum atomic E-state index is 13.4.